The highest BCUT2D eigenvalue weighted by atomic mass is 15.0. The van der Waals surface area contributed by atoms with Gasteiger partial charge in [-0.25, -0.2) is 0 Å². The zero-order valence-corrected chi connectivity index (χ0v) is 8.56. The highest BCUT2D eigenvalue weighted by molar-refractivity contribution is 4.84. The molecule has 0 bridgehead atoms. The molecule has 0 heterocycles. The van der Waals surface area contributed by atoms with Crippen LogP contribution in [0.25, 0.3) is 0 Å². The fraction of sp³-hybridized carbons (Fsp3) is 1.00. The number of rotatable bonds is 5. The first-order valence-corrected chi connectivity index (χ1v) is 5.00. The number of nitrogens with two attached hydrogens (primary N) is 1. The Bertz CT molecular complexity index is 139. The van der Waals surface area contributed by atoms with Gasteiger partial charge in [0.25, 0.3) is 0 Å². The summed E-state index contributed by atoms with van der Waals surface area (Å²) < 4.78 is 0. The van der Waals surface area contributed by atoms with Crippen LogP contribution in [0.2, 0.25) is 0 Å². The van der Waals surface area contributed by atoms with Crippen molar-refractivity contribution in [3.8, 4) is 0 Å². The Morgan fingerprint density at radius 1 is 1.50 bits per heavy atom. The zero-order valence-electron chi connectivity index (χ0n) is 8.56. The fourth-order valence-electron chi connectivity index (χ4n) is 1.34. The molecule has 0 amide bonds. The van der Waals surface area contributed by atoms with E-state index in [1.807, 2.05) is 0 Å². The van der Waals surface area contributed by atoms with E-state index in [-0.39, 0.29) is 5.54 Å². The van der Waals surface area contributed by atoms with Crippen molar-refractivity contribution in [2.24, 2.45) is 17.6 Å². The average Bonchev–Trinajstić information content (AvgIpc) is 2.83. The van der Waals surface area contributed by atoms with Gasteiger partial charge in [0.15, 0.2) is 0 Å². The molecule has 1 saturated carbocycles. The Hall–Kier alpha value is -0.0800. The molecule has 0 aromatic carbocycles. The molecular weight excluding hydrogens is 148 g/mol. The first-order chi connectivity index (χ1) is 5.55. The Morgan fingerprint density at radius 2 is 2.08 bits per heavy atom. The lowest BCUT2D eigenvalue weighted by Gasteiger charge is -2.26. The lowest BCUT2D eigenvalue weighted by molar-refractivity contribution is 0.348. The van der Waals surface area contributed by atoms with Crippen LogP contribution >= 0.6 is 0 Å². The summed E-state index contributed by atoms with van der Waals surface area (Å²) in [6.45, 7) is 8.48. The van der Waals surface area contributed by atoms with E-state index in [9.17, 15) is 0 Å². The summed E-state index contributed by atoms with van der Waals surface area (Å²) in [6.07, 6.45) is 2.87. The highest BCUT2D eigenvalue weighted by Crippen LogP contribution is 2.36. The van der Waals surface area contributed by atoms with Crippen molar-refractivity contribution in [1.82, 2.24) is 5.32 Å². The van der Waals surface area contributed by atoms with Crippen molar-refractivity contribution in [2.75, 3.05) is 13.1 Å². The van der Waals surface area contributed by atoms with E-state index in [0.717, 1.165) is 18.4 Å². The van der Waals surface area contributed by atoms with E-state index in [1.54, 1.807) is 0 Å². The molecule has 12 heavy (non-hydrogen) atoms. The molecule has 0 aliphatic heterocycles. The van der Waals surface area contributed by atoms with Gasteiger partial charge in [-0.3, -0.25) is 0 Å². The van der Waals surface area contributed by atoms with E-state index in [4.69, 9.17) is 5.73 Å². The largest absolute Gasteiger partial charge is 0.329 e. The third-order valence-electron chi connectivity index (χ3n) is 2.84. The number of nitrogens with one attached hydrogen (secondary N) is 1. The molecule has 0 radical (unpaired) electrons. The Morgan fingerprint density at radius 3 is 2.50 bits per heavy atom. The third kappa shape index (κ3) is 3.11. The van der Waals surface area contributed by atoms with Gasteiger partial charge in [-0.1, -0.05) is 6.92 Å². The van der Waals surface area contributed by atoms with Gasteiger partial charge in [0.05, 0.1) is 0 Å². The molecule has 0 saturated heterocycles. The van der Waals surface area contributed by atoms with Gasteiger partial charge in [0.1, 0.15) is 0 Å². The molecule has 0 aromatic rings. The molecule has 1 aliphatic carbocycles. The monoisotopic (exact) mass is 170 g/mol. The van der Waals surface area contributed by atoms with Crippen LogP contribution in [0.15, 0.2) is 0 Å². The maximum absolute atomic E-state index is 5.62. The second-order valence-electron chi connectivity index (χ2n) is 4.78. The standard InChI is InChI=1S/C10H22N2/c1-8(9-4-5-9)6-12-10(2,3)7-11/h8-9,12H,4-7,11H2,1-3H3. The van der Waals surface area contributed by atoms with Crippen LogP contribution in [0.5, 0.6) is 0 Å². The Labute approximate surface area is 75.9 Å². The molecule has 1 rings (SSSR count). The van der Waals surface area contributed by atoms with E-state index < -0.39 is 0 Å². The Balaban J connectivity index is 2.14. The van der Waals surface area contributed by atoms with Gasteiger partial charge in [0.2, 0.25) is 0 Å². The topological polar surface area (TPSA) is 38.0 Å². The minimum absolute atomic E-state index is 0.114. The van der Waals surface area contributed by atoms with Crippen LogP contribution in [0.3, 0.4) is 0 Å². The predicted molar refractivity (Wildman–Crippen MR) is 53.0 cm³/mol. The van der Waals surface area contributed by atoms with Gasteiger partial charge in [-0.15, -0.1) is 0 Å². The van der Waals surface area contributed by atoms with Crippen molar-refractivity contribution in [3.05, 3.63) is 0 Å². The van der Waals surface area contributed by atoms with Crippen molar-refractivity contribution >= 4 is 0 Å². The lowest BCUT2D eigenvalue weighted by atomic mass is 10.0. The molecule has 1 unspecified atom stereocenters. The second kappa shape index (κ2) is 3.75. The van der Waals surface area contributed by atoms with Gasteiger partial charge in [-0.2, -0.15) is 0 Å². The van der Waals surface area contributed by atoms with Gasteiger partial charge in [0, 0.05) is 12.1 Å². The summed E-state index contributed by atoms with van der Waals surface area (Å²) in [4.78, 5) is 0. The van der Waals surface area contributed by atoms with Crippen molar-refractivity contribution in [3.63, 3.8) is 0 Å². The molecule has 2 nitrogen and oxygen atoms in total. The third-order valence-corrected chi connectivity index (χ3v) is 2.84. The zero-order chi connectivity index (χ0) is 9.19. The maximum Gasteiger partial charge on any atom is 0.0247 e. The highest BCUT2D eigenvalue weighted by Gasteiger charge is 2.28. The van der Waals surface area contributed by atoms with Crippen LogP contribution in [-0.2, 0) is 0 Å². The van der Waals surface area contributed by atoms with Gasteiger partial charge < -0.3 is 11.1 Å². The molecule has 1 atom stereocenters. The van der Waals surface area contributed by atoms with Crippen LogP contribution < -0.4 is 11.1 Å². The first kappa shape index (κ1) is 10.0. The molecule has 2 heteroatoms. The molecule has 1 aliphatic rings. The first-order valence-electron chi connectivity index (χ1n) is 5.00. The summed E-state index contributed by atoms with van der Waals surface area (Å²) in [5.41, 5.74) is 5.74. The maximum atomic E-state index is 5.62. The van der Waals surface area contributed by atoms with Crippen LogP contribution in [-0.4, -0.2) is 18.6 Å². The normalized spacial score (nSPS) is 21.0. The smallest absolute Gasteiger partial charge is 0.0247 e. The minimum atomic E-state index is 0.114. The SMILES string of the molecule is CC(CNC(C)(C)CN)C1CC1. The number of hydrogen-bond acceptors (Lipinski definition) is 2. The quantitative estimate of drug-likeness (QED) is 0.654. The van der Waals surface area contributed by atoms with Crippen LogP contribution in [0, 0.1) is 11.8 Å². The summed E-state index contributed by atoms with van der Waals surface area (Å²) in [5, 5.41) is 3.50. The lowest BCUT2D eigenvalue weighted by Crippen LogP contribution is -2.47. The fourth-order valence-corrected chi connectivity index (χ4v) is 1.34. The summed E-state index contributed by atoms with van der Waals surface area (Å²) in [7, 11) is 0. The summed E-state index contributed by atoms with van der Waals surface area (Å²) in [5.74, 6) is 1.82. The molecule has 1 fully saturated rings. The van der Waals surface area contributed by atoms with Gasteiger partial charge >= 0.3 is 0 Å². The summed E-state index contributed by atoms with van der Waals surface area (Å²) >= 11 is 0. The summed E-state index contributed by atoms with van der Waals surface area (Å²) in [6, 6.07) is 0. The van der Waals surface area contributed by atoms with E-state index in [1.165, 1.54) is 12.8 Å². The molecule has 3 N–H and O–H groups in total. The van der Waals surface area contributed by atoms with Gasteiger partial charge in [-0.05, 0) is 45.1 Å². The molecule has 0 spiro atoms. The van der Waals surface area contributed by atoms with E-state index >= 15 is 0 Å². The number of hydrogen-bond donors (Lipinski definition) is 2. The van der Waals surface area contributed by atoms with Crippen molar-refractivity contribution in [2.45, 2.75) is 39.2 Å². The Kier molecular flexibility index (Phi) is 3.13. The minimum Gasteiger partial charge on any atom is -0.329 e. The van der Waals surface area contributed by atoms with Crippen molar-refractivity contribution < 1.29 is 0 Å². The van der Waals surface area contributed by atoms with Crippen LogP contribution in [0.4, 0.5) is 0 Å². The van der Waals surface area contributed by atoms with Crippen molar-refractivity contribution in [1.29, 1.82) is 0 Å². The predicted octanol–water partition coefficient (Wildman–Crippen LogP) is 1.36. The second-order valence-corrected chi connectivity index (χ2v) is 4.78. The van der Waals surface area contributed by atoms with E-state index in [0.29, 0.717) is 6.54 Å². The molecule has 72 valence electrons. The average molecular weight is 170 g/mol. The molecular formula is C10H22N2. The molecule has 0 aromatic heterocycles. The van der Waals surface area contributed by atoms with E-state index in [2.05, 4.69) is 26.1 Å². The van der Waals surface area contributed by atoms with Crippen LogP contribution in [0.1, 0.15) is 33.6 Å².